The molecular weight excluding hydrogens is 463 g/mol. The topological polar surface area (TPSA) is 84.9 Å². The summed E-state index contributed by atoms with van der Waals surface area (Å²) in [5.74, 6) is -0.534. The first-order chi connectivity index (χ1) is 17.4. The molecule has 0 atom stereocenters. The van der Waals surface area contributed by atoms with Crippen molar-refractivity contribution in [1.82, 2.24) is 4.90 Å². The summed E-state index contributed by atoms with van der Waals surface area (Å²) in [5.41, 5.74) is 2.10. The van der Waals surface area contributed by atoms with E-state index in [4.69, 9.17) is 9.47 Å². The first-order valence-electron chi connectivity index (χ1n) is 11.7. The van der Waals surface area contributed by atoms with Gasteiger partial charge in [-0.3, -0.25) is 14.4 Å². The zero-order valence-electron chi connectivity index (χ0n) is 19.9. The van der Waals surface area contributed by atoms with E-state index in [2.05, 4.69) is 5.32 Å². The van der Waals surface area contributed by atoms with E-state index in [-0.39, 0.29) is 11.8 Å². The maximum absolute atomic E-state index is 13.1. The van der Waals surface area contributed by atoms with Gasteiger partial charge in [-0.1, -0.05) is 17.7 Å². The number of rotatable bonds is 7. The largest absolute Gasteiger partial charge is 0.457 e. The maximum atomic E-state index is 13.1. The number of esters is 1. The molecule has 1 fully saturated rings. The number of carbonyl (C=O) groups excluding carboxylic acids is 3. The quantitative estimate of drug-likeness (QED) is 0.473. The number of likely N-dealkylation sites (tertiary alicyclic amines) is 1. The second-order valence-electron chi connectivity index (χ2n) is 8.67. The second-order valence-corrected chi connectivity index (χ2v) is 8.67. The van der Waals surface area contributed by atoms with Crippen molar-refractivity contribution >= 4 is 23.5 Å². The highest BCUT2D eigenvalue weighted by molar-refractivity contribution is 5.94. The summed E-state index contributed by atoms with van der Waals surface area (Å²) < 4.78 is 24.0. The fourth-order valence-electron chi connectivity index (χ4n) is 3.89. The number of aryl methyl sites for hydroxylation is 1. The van der Waals surface area contributed by atoms with Crippen LogP contribution in [0.5, 0.6) is 11.5 Å². The highest BCUT2D eigenvalue weighted by Crippen LogP contribution is 2.24. The number of nitrogens with one attached hydrogen (secondary N) is 1. The summed E-state index contributed by atoms with van der Waals surface area (Å²) in [6.45, 7) is 2.38. The molecule has 0 spiro atoms. The molecule has 0 aliphatic carbocycles. The molecule has 36 heavy (non-hydrogen) atoms. The molecule has 3 aromatic rings. The summed E-state index contributed by atoms with van der Waals surface area (Å²) in [6.07, 6.45) is 0.881. The number of piperidine rings is 1. The Kier molecular flexibility index (Phi) is 7.95. The molecule has 1 saturated heterocycles. The van der Waals surface area contributed by atoms with Crippen LogP contribution < -0.4 is 10.1 Å². The van der Waals surface area contributed by atoms with Crippen molar-refractivity contribution in [2.24, 2.45) is 5.92 Å². The number of hydrogen-bond acceptors (Lipinski definition) is 5. The van der Waals surface area contributed by atoms with Gasteiger partial charge in [0, 0.05) is 24.3 Å². The van der Waals surface area contributed by atoms with Crippen molar-refractivity contribution in [1.29, 1.82) is 0 Å². The van der Waals surface area contributed by atoms with Crippen LogP contribution in [0.1, 0.15) is 28.8 Å². The Morgan fingerprint density at radius 1 is 0.889 bits per heavy atom. The lowest BCUT2D eigenvalue weighted by molar-refractivity contribution is -0.152. The SMILES string of the molecule is Cc1ccc(Oc2ccc(NC(=O)COC(=O)C3CCN(C(=O)c4ccc(F)cc4)CC3)cc2)cc1. The molecule has 1 aliphatic heterocycles. The Labute approximate surface area is 208 Å². The first kappa shape index (κ1) is 24.9. The van der Waals surface area contributed by atoms with Crippen LogP contribution in [0, 0.1) is 18.7 Å². The van der Waals surface area contributed by atoms with Crippen LogP contribution in [-0.4, -0.2) is 42.4 Å². The van der Waals surface area contributed by atoms with E-state index in [1.54, 1.807) is 29.2 Å². The summed E-state index contributed by atoms with van der Waals surface area (Å²) in [7, 11) is 0. The van der Waals surface area contributed by atoms with E-state index in [1.807, 2.05) is 31.2 Å². The van der Waals surface area contributed by atoms with Gasteiger partial charge in [-0.25, -0.2) is 4.39 Å². The maximum Gasteiger partial charge on any atom is 0.309 e. The van der Waals surface area contributed by atoms with Crippen molar-refractivity contribution in [2.75, 3.05) is 25.0 Å². The molecule has 1 N–H and O–H groups in total. The van der Waals surface area contributed by atoms with Crippen molar-refractivity contribution in [2.45, 2.75) is 19.8 Å². The van der Waals surface area contributed by atoms with Gasteiger partial charge in [0.05, 0.1) is 5.92 Å². The number of ether oxygens (including phenoxy) is 2. The minimum absolute atomic E-state index is 0.198. The molecular formula is C28H27FN2O5. The molecule has 186 valence electrons. The van der Waals surface area contributed by atoms with Gasteiger partial charge < -0.3 is 19.7 Å². The van der Waals surface area contributed by atoms with Gasteiger partial charge in [-0.05, 0) is 80.4 Å². The van der Waals surface area contributed by atoms with Crippen molar-refractivity contribution in [3.8, 4) is 11.5 Å². The minimum atomic E-state index is -0.458. The molecule has 7 nitrogen and oxygen atoms in total. The Morgan fingerprint density at radius 3 is 2.08 bits per heavy atom. The van der Waals surface area contributed by atoms with Crippen molar-refractivity contribution in [3.05, 3.63) is 89.7 Å². The first-order valence-corrected chi connectivity index (χ1v) is 11.7. The van der Waals surface area contributed by atoms with E-state index in [0.717, 1.165) is 11.3 Å². The van der Waals surface area contributed by atoms with Crippen molar-refractivity contribution < 1.29 is 28.2 Å². The van der Waals surface area contributed by atoms with Gasteiger partial charge in [0.25, 0.3) is 11.8 Å². The Hall–Kier alpha value is -4.20. The molecule has 0 aromatic heterocycles. The van der Waals surface area contributed by atoms with Crippen LogP contribution in [0.25, 0.3) is 0 Å². The number of amides is 2. The van der Waals surface area contributed by atoms with E-state index in [1.165, 1.54) is 24.3 Å². The molecule has 3 aromatic carbocycles. The predicted octanol–water partition coefficient (Wildman–Crippen LogP) is 4.96. The fraction of sp³-hybridized carbons (Fsp3) is 0.250. The molecule has 4 rings (SSSR count). The van der Waals surface area contributed by atoms with Crippen LogP contribution in [0.4, 0.5) is 10.1 Å². The molecule has 0 bridgehead atoms. The van der Waals surface area contributed by atoms with Crippen LogP contribution in [0.3, 0.4) is 0 Å². The van der Waals surface area contributed by atoms with Crippen LogP contribution in [-0.2, 0) is 14.3 Å². The predicted molar refractivity (Wildman–Crippen MR) is 132 cm³/mol. The third kappa shape index (κ3) is 6.69. The lowest BCUT2D eigenvalue weighted by atomic mass is 9.96. The Bertz CT molecular complexity index is 1200. The second kappa shape index (κ2) is 11.5. The molecule has 8 heteroatoms. The monoisotopic (exact) mass is 490 g/mol. The van der Waals surface area contributed by atoms with E-state index < -0.39 is 24.3 Å². The average Bonchev–Trinajstić information content (AvgIpc) is 2.90. The molecule has 0 radical (unpaired) electrons. The molecule has 2 amide bonds. The zero-order chi connectivity index (χ0) is 25.5. The minimum Gasteiger partial charge on any atom is -0.457 e. The van der Waals surface area contributed by atoms with Gasteiger partial charge in [0.2, 0.25) is 0 Å². The fourth-order valence-corrected chi connectivity index (χ4v) is 3.89. The van der Waals surface area contributed by atoms with Crippen LogP contribution in [0.2, 0.25) is 0 Å². The van der Waals surface area contributed by atoms with E-state index in [0.29, 0.717) is 42.9 Å². The third-order valence-corrected chi connectivity index (χ3v) is 5.95. The van der Waals surface area contributed by atoms with Gasteiger partial charge in [0.1, 0.15) is 17.3 Å². The number of hydrogen-bond donors (Lipinski definition) is 1. The zero-order valence-corrected chi connectivity index (χ0v) is 19.9. The summed E-state index contributed by atoms with van der Waals surface area (Å²) in [5, 5.41) is 2.69. The Morgan fingerprint density at radius 2 is 1.47 bits per heavy atom. The van der Waals surface area contributed by atoms with E-state index >= 15 is 0 Å². The lowest BCUT2D eigenvalue weighted by Crippen LogP contribution is -2.41. The molecule has 1 aliphatic rings. The van der Waals surface area contributed by atoms with Crippen LogP contribution >= 0.6 is 0 Å². The van der Waals surface area contributed by atoms with Gasteiger partial charge in [-0.2, -0.15) is 0 Å². The standard InChI is InChI=1S/C28H27FN2O5/c1-19-2-10-24(11-3-19)36-25-12-8-23(9-13-25)30-26(32)18-35-28(34)21-14-16-31(17-15-21)27(33)20-4-6-22(29)7-5-20/h2-13,21H,14-18H2,1H3,(H,30,32). The van der Waals surface area contributed by atoms with Gasteiger partial charge in [0.15, 0.2) is 6.61 Å². The highest BCUT2D eigenvalue weighted by Gasteiger charge is 2.29. The summed E-state index contributed by atoms with van der Waals surface area (Å²) in [4.78, 5) is 38.8. The number of nitrogens with zero attached hydrogens (tertiary/aromatic N) is 1. The normalized spacial score (nSPS) is 13.7. The number of anilines is 1. The van der Waals surface area contributed by atoms with Crippen LogP contribution in [0.15, 0.2) is 72.8 Å². The highest BCUT2D eigenvalue weighted by atomic mass is 19.1. The summed E-state index contributed by atoms with van der Waals surface area (Å²) >= 11 is 0. The number of benzene rings is 3. The lowest BCUT2D eigenvalue weighted by Gasteiger charge is -2.31. The summed E-state index contributed by atoms with van der Waals surface area (Å²) in [6, 6.07) is 20.0. The molecule has 0 unspecified atom stereocenters. The molecule has 1 heterocycles. The van der Waals surface area contributed by atoms with Gasteiger partial charge in [-0.15, -0.1) is 0 Å². The number of halogens is 1. The number of carbonyl (C=O) groups is 3. The third-order valence-electron chi connectivity index (χ3n) is 5.95. The van der Waals surface area contributed by atoms with E-state index in [9.17, 15) is 18.8 Å². The van der Waals surface area contributed by atoms with Gasteiger partial charge >= 0.3 is 5.97 Å². The Balaban J connectivity index is 1.18. The smallest absolute Gasteiger partial charge is 0.309 e. The average molecular weight is 491 g/mol. The van der Waals surface area contributed by atoms with Crippen molar-refractivity contribution in [3.63, 3.8) is 0 Å². The molecule has 0 saturated carbocycles.